The number of carbonyl (C=O) groups is 2. The minimum Gasteiger partial charge on any atom is -0.370 e. The van der Waals surface area contributed by atoms with Crippen molar-refractivity contribution in [2.45, 2.75) is 18.9 Å². The lowest BCUT2D eigenvalue weighted by molar-refractivity contribution is -0.126. The zero-order chi connectivity index (χ0) is 12.6. The molecular weight excluding hydrogens is 212 g/mol. The molecule has 0 saturated carbocycles. The second-order valence-electron chi connectivity index (χ2n) is 3.21. The highest BCUT2D eigenvalue weighted by atomic mass is 16.2. The summed E-state index contributed by atoms with van der Waals surface area (Å²) < 4.78 is 0. The Labute approximate surface area is 93.4 Å². The molecule has 0 radical (unpaired) electrons. The molecule has 8 heteroatoms. The monoisotopic (exact) mass is 230 g/mol. The van der Waals surface area contributed by atoms with Crippen LogP contribution in [0.5, 0.6) is 0 Å². The molecule has 1 atom stereocenters. The van der Waals surface area contributed by atoms with Crippen LogP contribution in [-0.4, -0.2) is 36.9 Å². The fourth-order valence-electron chi connectivity index (χ4n) is 1.07. The van der Waals surface area contributed by atoms with Gasteiger partial charge in [-0.15, -0.1) is 0 Å². The van der Waals surface area contributed by atoms with E-state index in [0.29, 0.717) is 19.4 Å². The van der Waals surface area contributed by atoms with Crippen LogP contribution in [0.2, 0.25) is 0 Å². The zero-order valence-corrected chi connectivity index (χ0v) is 8.95. The number of amides is 2. The van der Waals surface area contributed by atoms with Crippen molar-refractivity contribution in [3.05, 3.63) is 0 Å². The van der Waals surface area contributed by atoms with Crippen LogP contribution in [0, 0.1) is 5.41 Å². The summed E-state index contributed by atoms with van der Waals surface area (Å²) >= 11 is 0. The first-order valence-corrected chi connectivity index (χ1v) is 4.84. The number of hydrogen-bond donors (Lipinski definition) is 6. The molecule has 16 heavy (non-hydrogen) atoms. The topological polar surface area (TPSA) is 160 Å². The van der Waals surface area contributed by atoms with Gasteiger partial charge >= 0.3 is 0 Å². The molecule has 0 bridgehead atoms. The number of primary amides is 1. The predicted octanol–water partition coefficient (Wildman–Crippen LogP) is -2.82. The van der Waals surface area contributed by atoms with Crippen LogP contribution in [0.3, 0.4) is 0 Å². The van der Waals surface area contributed by atoms with Crippen molar-refractivity contribution in [3.8, 4) is 0 Å². The molecule has 0 aliphatic carbocycles. The number of guanidine groups is 1. The van der Waals surface area contributed by atoms with Crippen LogP contribution in [0.25, 0.3) is 0 Å². The molecule has 0 unspecified atom stereocenters. The van der Waals surface area contributed by atoms with Crippen molar-refractivity contribution >= 4 is 17.8 Å². The summed E-state index contributed by atoms with van der Waals surface area (Å²) in [4.78, 5) is 21.9. The minimum absolute atomic E-state index is 0.137. The number of rotatable bonds is 7. The average Bonchev–Trinajstić information content (AvgIpc) is 2.21. The number of nitrogens with one attached hydrogen (secondary N) is 3. The highest BCUT2D eigenvalue weighted by Gasteiger charge is 2.16. The van der Waals surface area contributed by atoms with Crippen LogP contribution in [0.15, 0.2) is 0 Å². The molecule has 0 rings (SSSR count). The van der Waals surface area contributed by atoms with Gasteiger partial charge in [-0.2, -0.15) is 0 Å². The maximum Gasteiger partial charge on any atom is 0.240 e. The molecule has 2 amide bonds. The Morgan fingerprint density at radius 1 is 1.31 bits per heavy atom. The summed E-state index contributed by atoms with van der Waals surface area (Å²) in [6.07, 6.45) is 0.930. The standard InChI is InChI=1S/C8H18N6O2/c9-4-6(15)14-5(7(10)16)2-1-3-13-8(11)12/h5H,1-4,9H2,(H2,10,16)(H,14,15)(H4,11,12,13)/t5-/m0/s1. The molecule has 0 fully saturated rings. The Kier molecular flexibility index (Phi) is 6.61. The van der Waals surface area contributed by atoms with E-state index in [-0.39, 0.29) is 12.5 Å². The van der Waals surface area contributed by atoms with Gasteiger partial charge in [0.25, 0.3) is 0 Å². The van der Waals surface area contributed by atoms with Crippen molar-refractivity contribution in [1.29, 1.82) is 5.41 Å². The van der Waals surface area contributed by atoms with Crippen LogP contribution in [-0.2, 0) is 9.59 Å². The highest BCUT2D eigenvalue weighted by molar-refractivity contribution is 5.87. The van der Waals surface area contributed by atoms with E-state index in [4.69, 9.17) is 22.6 Å². The van der Waals surface area contributed by atoms with Crippen LogP contribution in [0.4, 0.5) is 0 Å². The molecule has 0 heterocycles. The summed E-state index contributed by atoms with van der Waals surface area (Å²) in [5, 5.41) is 11.9. The van der Waals surface area contributed by atoms with E-state index in [1.54, 1.807) is 0 Å². The molecule has 0 aliphatic rings. The largest absolute Gasteiger partial charge is 0.370 e. The van der Waals surface area contributed by atoms with E-state index in [9.17, 15) is 9.59 Å². The summed E-state index contributed by atoms with van der Waals surface area (Å²) in [7, 11) is 0. The fourth-order valence-corrected chi connectivity index (χ4v) is 1.07. The van der Waals surface area contributed by atoms with E-state index in [2.05, 4.69) is 10.6 Å². The Morgan fingerprint density at radius 2 is 1.94 bits per heavy atom. The van der Waals surface area contributed by atoms with Gasteiger partial charge in [-0.25, -0.2) is 0 Å². The Hall–Kier alpha value is -1.83. The van der Waals surface area contributed by atoms with Gasteiger partial charge in [-0.05, 0) is 12.8 Å². The fraction of sp³-hybridized carbons (Fsp3) is 0.625. The molecular formula is C8H18N6O2. The van der Waals surface area contributed by atoms with E-state index in [0.717, 1.165) is 0 Å². The molecule has 0 saturated heterocycles. The summed E-state index contributed by atoms with van der Waals surface area (Å²) in [6, 6.07) is -0.732. The molecule has 0 spiro atoms. The summed E-state index contributed by atoms with van der Waals surface area (Å²) in [5.74, 6) is -1.17. The first kappa shape index (κ1) is 14.2. The van der Waals surface area contributed by atoms with E-state index in [1.807, 2.05) is 0 Å². The summed E-state index contributed by atoms with van der Waals surface area (Å²) in [5.41, 5.74) is 15.3. The van der Waals surface area contributed by atoms with Gasteiger partial charge in [0.15, 0.2) is 5.96 Å². The Bertz CT molecular complexity index is 267. The maximum absolute atomic E-state index is 11.0. The highest BCUT2D eigenvalue weighted by Crippen LogP contribution is 1.95. The lowest BCUT2D eigenvalue weighted by Gasteiger charge is -2.14. The number of carbonyl (C=O) groups excluding carboxylic acids is 2. The second-order valence-corrected chi connectivity index (χ2v) is 3.21. The lowest BCUT2D eigenvalue weighted by Crippen LogP contribution is -2.46. The minimum atomic E-state index is -0.732. The van der Waals surface area contributed by atoms with Crippen molar-refractivity contribution in [2.24, 2.45) is 17.2 Å². The lowest BCUT2D eigenvalue weighted by atomic mass is 10.1. The molecule has 8 nitrogen and oxygen atoms in total. The maximum atomic E-state index is 11.0. The zero-order valence-electron chi connectivity index (χ0n) is 8.95. The first-order valence-electron chi connectivity index (χ1n) is 4.84. The van der Waals surface area contributed by atoms with Crippen molar-refractivity contribution in [3.63, 3.8) is 0 Å². The van der Waals surface area contributed by atoms with Crippen molar-refractivity contribution < 1.29 is 9.59 Å². The molecule has 0 aromatic carbocycles. The van der Waals surface area contributed by atoms with Gasteiger partial charge in [0.1, 0.15) is 6.04 Å². The third-order valence-electron chi connectivity index (χ3n) is 1.85. The molecule has 92 valence electrons. The Morgan fingerprint density at radius 3 is 2.38 bits per heavy atom. The molecule has 0 aromatic heterocycles. The number of nitrogens with two attached hydrogens (primary N) is 3. The first-order chi connectivity index (χ1) is 7.47. The van der Waals surface area contributed by atoms with Crippen molar-refractivity contribution in [1.82, 2.24) is 10.6 Å². The van der Waals surface area contributed by atoms with Crippen LogP contribution in [0.1, 0.15) is 12.8 Å². The SMILES string of the molecule is N=C(N)NCCC[C@H](NC(=O)CN)C(N)=O. The average molecular weight is 230 g/mol. The van der Waals surface area contributed by atoms with Gasteiger partial charge < -0.3 is 27.8 Å². The van der Waals surface area contributed by atoms with E-state index >= 15 is 0 Å². The molecule has 0 aromatic rings. The smallest absolute Gasteiger partial charge is 0.240 e. The van der Waals surface area contributed by atoms with Crippen molar-refractivity contribution in [2.75, 3.05) is 13.1 Å². The summed E-state index contributed by atoms with van der Waals surface area (Å²) in [6.45, 7) is 0.257. The van der Waals surface area contributed by atoms with Gasteiger partial charge in [0.2, 0.25) is 11.8 Å². The molecule has 9 N–H and O–H groups in total. The molecule has 0 aliphatic heterocycles. The normalized spacial score (nSPS) is 11.6. The third-order valence-corrected chi connectivity index (χ3v) is 1.85. The number of hydrogen-bond acceptors (Lipinski definition) is 4. The van der Waals surface area contributed by atoms with Gasteiger partial charge in [0.05, 0.1) is 6.54 Å². The van der Waals surface area contributed by atoms with Crippen LogP contribution >= 0.6 is 0 Å². The van der Waals surface area contributed by atoms with Gasteiger partial charge in [-0.1, -0.05) is 0 Å². The van der Waals surface area contributed by atoms with Gasteiger partial charge in [-0.3, -0.25) is 15.0 Å². The third kappa shape index (κ3) is 6.60. The van der Waals surface area contributed by atoms with Gasteiger partial charge in [0, 0.05) is 6.54 Å². The Balaban J connectivity index is 3.90. The quantitative estimate of drug-likeness (QED) is 0.158. The van der Waals surface area contributed by atoms with E-state index in [1.165, 1.54) is 0 Å². The van der Waals surface area contributed by atoms with Crippen LogP contribution < -0.4 is 27.8 Å². The second kappa shape index (κ2) is 7.46. The predicted molar refractivity (Wildman–Crippen MR) is 59.3 cm³/mol. The van der Waals surface area contributed by atoms with E-state index < -0.39 is 17.9 Å².